The van der Waals surface area contributed by atoms with Gasteiger partial charge in [0.15, 0.2) is 0 Å². The molecule has 0 saturated heterocycles. The second-order valence-electron chi connectivity index (χ2n) is 10.5. The Balaban J connectivity index is 1.74. The van der Waals surface area contributed by atoms with Crippen LogP contribution in [0.3, 0.4) is 0 Å². The highest BCUT2D eigenvalue weighted by Crippen LogP contribution is 2.30. The predicted molar refractivity (Wildman–Crippen MR) is 178 cm³/mol. The summed E-state index contributed by atoms with van der Waals surface area (Å²) in [6.45, 7) is 3.46. The molecule has 1 saturated carbocycles. The highest BCUT2D eigenvalue weighted by molar-refractivity contribution is 9.10. The Morgan fingerprint density at radius 1 is 0.977 bits per heavy atom. The Morgan fingerprint density at radius 3 is 2.16 bits per heavy atom. The second-order valence-corrected chi connectivity index (χ2v) is 14.1. The van der Waals surface area contributed by atoms with Crippen molar-refractivity contribution in [3.05, 3.63) is 86.8 Å². The molecule has 1 aliphatic carbocycles. The maximum absolute atomic E-state index is 14.3. The third kappa shape index (κ3) is 8.27. The van der Waals surface area contributed by atoms with Gasteiger partial charge in [-0.15, -0.1) is 0 Å². The Hall–Kier alpha value is -2.79. The van der Waals surface area contributed by atoms with E-state index in [0.29, 0.717) is 38.9 Å². The fourth-order valence-corrected chi connectivity index (χ4v) is 7.47. The van der Waals surface area contributed by atoms with Gasteiger partial charge in [-0.25, -0.2) is 8.42 Å². The van der Waals surface area contributed by atoms with Crippen LogP contribution in [0, 0.1) is 0 Å². The van der Waals surface area contributed by atoms with Crippen LogP contribution in [0.5, 0.6) is 5.75 Å². The van der Waals surface area contributed by atoms with Gasteiger partial charge in [-0.3, -0.25) is 13.9 Å². The summed E-state index contributed by atoms with van der Waals surface area (Å²) >= 11 is 16.4. The van der Waals surface area contributed by atoms with E-state index in [9.17, 15) is 18.0 Å². The molecule has 3 aromatic carbocycles. The monoisotopic (exact) mass is 723 g/mol. The van der Waals surface area contributed by atoms with Crippen LogP contribution in [0.4, 0.5) is 5.69 Å². The van der Waals surface area contributed by atoms with E-state index in [0.717, 1.165) is 30.0 Å². The van der Waals surface area contributed by atoms with Crippen molar-refractivity contribution < 1.29 is 22.7 Å². The average molecular weight is 726 g/mol. The number of benzene rings is 3. The van der Waals surface area contributed by atoms with Crippen molar-refractivity contribution in [3.63, 3.8) is 0 Å². The van der Waals surface area contributed by atoms with Crippen LogP contribution in [0.1, 0.15) is 51.5 Å². The SMILES string of the molecule is CCOc1ccc(N(CC(=O)N(Cc2c(Cl)cccc2Cl)[C@H](CC)C(=O)NC2CCCC2)S(=O)(=O)c2ccc(Br)cc2)cc1. The summed E-state index contributed by atoms with van der Waals surface area (Å²) in [7, 11) is -4.21. The third-order valence-electron chi connectivity index (χ3n) is 7.59. The molecule has 0 spiro atoms. The van der Waals surface area contributed by atoms with E-state index in [2.05, 4.69) is 21.2 Å². The van der Waals surface area contributed by atoms with Crippen LogP contribution in [0.2, 0.25) is 10.0 Å². The summed E-state index contributed by atoms with van der Waals surface area (Å²) in [6, 6.07) is 16.8. The third-order valence-corrected chi connectivity index (χ3v) is 10.6. The number of carbonyl (C=O) groups is 2. The first-order valence-electron chi connectivity index (χ1n) is 14.6. The number of anilines is 1. The molecule has 4 rings (SSSR count). The lowest BCUT2D eigenvalue weighted by atomic mass is 10.1. The number of hydrogen-bond acceptors (Lipinski definition) is 5. The van der Waals surface area contributed by atoms with Gasteiger partial charge in [0.05, 0.1) is 17.2 Å². The van der Waals surface area contributed by atoms with Crippen molar-refractivity contribution >= 4 is 66.7 Å². The first-order valence-corrected chi connectivity index (χ1v) is 17.6. The van der Waals surface area contributed by atoms with Gasteiger partial charge in [0.1, 0.15) is 18.3 Å². The highest BCUT2D eigenvalue weighted by atomic mass is 79.9. The van der Waals surface area contributed by atoms with Gasteiger partial charge in [-0.1, -0.05) is 65.0 Å². The number of sulfonamides is 1. The van der Waals surface area contributed by atoms with E-state index >= 15 is 0 Å². The lowest BCUT2D eigenvalue weighted by Crippen LogP contribution is -2.53. The molecule has 1 N–H and O–H groups in total. The van der Waals surface area contributed by atoms with Crippen molar-refractivity contribution in [2.45, 2.75) is 69.5 Å². The Kier molecular flexibility index (Phi) is 12.0. The van der Waals surface area contributed by atoms with Gasteiger partial charge in [0.2, 0.25) is 11.8 Å². The lowest BCUT2D eigenvalue weighted by Gasteiger charge is -2.34. The summed E-state index contributed by atoms with van der Waals surface area (Å²) in [5, 5.41) is 3.78. The number of nitrogens with zero attached hydrogens (tertiary/aromatic N) is 2. The van der Waals surface area contributed by atoms with E-state index in [-0.39, 0.29) is 29.1 Å². The van der Waals surface area contributed by atoms with Crippen LogP contribution in [0.25, 0.3) is 0 Å². The number of rotatable bonds is 13. The summed E-state index contributed by atoms with van der Waals surface area (Å²) in [5.41, 5.74) is 0.739. The number of carbonyl (C=O) groups excluding carboxylic acids is 2. The van der Waals surface area contributed by atoms with Gasteiger partial charge in [-0.05, 0) is 86.8 Å². The minimum absolute atomic E-state index is 0.00843. The first-order chi connectivity index (χ1) is 21.0. The van der Waals surface area contributed by atoms with Crippen molar-refractivity contribution in [2.75, 3.05) is 17.5 Å². The predicted octanol–water partition coefficient (Wildman–Crippen LogP) is 7.22. The van der Waals surface area contributed by atoms with Crippen molar-refractivity contribution in [3.8, 4) is 5.75 Å². The molecule has 1 aliphatic rings. The maximum atomic E-state index is 14.3. The van der Waals surface area contributed by atoms with E-state index in [1.165, 1.54) is 17.0 Å². The van der Waals surface area contributed by atoms with Crippen molar-refractivity contribution in [2.24, 2.45) is 0 Å². The minimum Gasteiger partial charge on any atom is -0.494 e. The van der Waals surface area contributed by atoms with Gasteiger partial charge >= 0.3 is 0 Å². The molecule has 1 fully saturated rings. The van der Waals surface area contributed by atoms with Gasteiger partial charge in [0.25, 0.3) is 10.0 Å². The molecule has 0 heterocycles. The van der Waals surface area contributed by atoms with Gasteiger partial charge < -0.3 is 15.0 Å². The largest absolute Gasteiger partial charge is 0.494 e. The molecule has 236 valence electrons. The molecule has 12 heteroatoms. The number of halogens is 3. The number of nitrogens with one attached hydrogen (secondary N) is 1. The smallest absolute Gasteiger partial charge is 0.264 e. The van der Waals surface area contributed by atoms with E-state index in [1.807, 2.05) is 13.8 Å². The number of amides is 2. The summed E-state index contributed by atoms with van der Waals surface area (Å²) in [6.07, 6.45) is 4.12. The van der Waals surface area contributed by atoms with E-state index < -0.39 is 28.5 Å². The molecule has 1 atom stereocenters. The molecule has 44 heavy (non-hydrogen) atoms. The standard InChI is InChI=1S/C32H36BrCl2N3O5S/c1-3-30(32(40)36-23-8-5-6-9-23)37(20-27-28(34)10-7-11-29(27)35)31(39)21-38(24-14-16-25(17-15-24)43-4-2)44(41,42)26-18-12-22(33)13-19-26/h7,10-19,23,30H,3-6,8-9,20-21H2,1-2H3,(H,36,40)/t30-/m1/s1. The van der Waals surface area contributed by atoms with Crippen molar-refractivity contribution in [1.29, 1.82) is 0 Å². The quantitative estimate of drug-likeness (QED) is 0.201. The molecule has 0 radical (unpaired) electrons. The Morgan fingerprint density at radius 2 is 1.59 bits per heavy atom. The molecule has 0 unspecified atom stereocenters. The van der Waals surface area contributed by atoms with E-state index in [4.69, 9.17) is 27.9 Å². The first kappa shape index (κ1) is 34.1. The molecule has 3 aromatic rings. The molecule has 0 aliphatic heterocycles. The molecule has 8 nitrogen and oxygen atoms in total. The molecular formula is C32H36BrCl2N3O5S. The van der Waals surface area contributed by atoms with Crippen LogP contribution >= 0.6 is 39.1 Å². The summed E-state index contributed by atoms with van der Waals surface area (Å²) in [4.78, 5) is 29.3. The van der Waals surface area contributed by atoms with Gasteiger partial charge in [-0.2, -0.15) is 0 Å². The Labute approximate surface area is 277 Å². The zero-order chi connectivity index (χ0) is 31.9. The molecule has 0 bridgehead atoms. The molecule has 2 amide bonds. The average Bonchev–Trinajstić information content (AvgIpc) is 3.51. The fraction of sp³-hybridized carbons (Fsp3) is 0.375. The van der Waals surface area contributed by atoms with Crippen LogP contribution in [0.15, 0.2) is 76.1 Å². The fourth-order valence-electron chi connectivity index (χ4n) is 5.28. The lowest BCUT2D eigenvalue weighted by molar-refractivity contribution is -0.140. The summed E-state index contributed by atoms with van der Waals surface area (Å²) < 4.78 is 35.4. The van der Waals surface area contributed by atoms with Crippen LogP contribution < -0.4 is 14.4 Å². The van der Waals surface area contributed by atoms with E-state index in [1.54, 1.807) is 54.6 Å². The van der Waals surface area contributed by atoms with Crippen LogP contribution in [-0.2, 0) is 26.2 Å². The normalized spacial score (nSPS) is 14.2. The highest BCUT2D eigenvalue weighted by Gasteiger charge is 2.35. The Bertz CT molecular complexity index is 1530. The van der Waals surface area contributed by atoms with Crippen LogP contribution in [-0.4, -0.2) is 50.4 Å². The molecular weight excluding hydrogens is 689 g/mol. The zero-order valence-corrected chi connectivity index (χ0v) is 28.6. The topological polar surface area (TPSA) is 96.0 Å². The summed E-state index contributed by atoms with van der Waals surface area (Å²) in [5.74, 6) is -0.309. The molecule has 0 aromatic heterocycles. The zero-order valence-electron chi connectivity index (χ0n) is 24.6. The number of hydrogen-bond donors (Lipinski definition) is 1. The van der Waals surface area contributed by atoms with Gasteiger partial charge in [0, 0.05) is 32.7 Å². The van der Waals surface area contributed by atoms with Crippen molar-refractivity contribution in [1.82, 2.24) is 10.2 Å². The second kappa shape index (κ2) is 15.5. The minimum atomic E-state index is -4.21. The number of ether oxygens (including phenoxy) is 1. The maximum Gasteiger partial charge on any atom is 0.264 e.